The summed E-state index contributed by atoms with van der Waals surface area (Å²) in [6.07, 6.45) is 1.85. The van der Waals surface area contributed by atoms with Crippen LogP contribution in [0.25, 0.3) is 6.08 Å². The first-order chi connectivity index (χ1) is 9.66. The molecule has 1 aromatic rings. The van der Waals surface area contributed by atoms with E-state index in [1.165, 1.54) is 0 Å². The van der Waals surface area contributed by atoms with Crippen molar-refractivity contribution in [1.82, 2.24) is 0 Å². The lowest BCUT2D eigenvalue weighted by Gasteiger charge is -2.32. The zero-order chi connectivity index (χ0) is 15.8. The molecule has 0 aromatic heterocycles. The molecule has 114 valence electrons. The molecule has 1 fully saturated rings. The number of rotatable bonds is 3. The SMILES string of the molecule is Cc1ccc(O)c(C=C(CN)B2OC(C)(C)C(C)(C)O2)c1. The minimum absolute atomic E-state index is 0.225. The molecule has 2 rings (SSSR count). The lowest BCUT2D eigenvalue weighted by molar-refractivity contribution is 0.00578. The summed E-state index contributed by atoms with van der Waals surface area (Å²) in [5.41, 5.74) is 7.67. The van der Waals surface area contributed by atoms with Gasteiger partial charge in [0.05, 0.1) is 11.2 Å². The zero-order valence-corrected chi connectivity index (χ0v) is 13.4. The molecule has 1 heterocycles. The molecule has 4 nitrogen and oxygen atoms in total. The number of hydrogen-bond donors (Lipinski definition) is 2. The van der Waals surface area contributed by atoms with Crippen LogP contribution in [0, 0.1) is 6.92 Å². The molecule has 0 aliphatic carbocycles. The van der Waals surface area contributed by atoms with E-state index in [4.69, 9.17) is 15.0 Å². The van der Waals surface area contributed by atoms with Crippen molar-refractivity contribution >= 4 is 13.2 Å². The second-order valence-electron chi connectivity index (χ2n) is 6.57. The standard InChI is InChI=1S/C16H24BNO3/c1-11-6-7-14(19)12(8-11)9-13(10-18)17-20-15(2,3)16(4,5)21-17/h6-9,19H,10,18H2,1-5H3. The van der Waals surface area contributed by atoms with Crippen LogP contribution in [-0.2, 0) is 9.31 Å². The molecule has 1 saturated heterocycles. The van der Waals surface area contributed by atoms with Gasteiger partial charge in [0.2, 0.25) is 0 Å². The van der Waals surface area contributed by atoms with Crippen LogP contribution in [-0.4, -0.2) is 30.0 Å². The van der Waals surface area contributed by atoms with E-state index in [-0.39, 0.29) is 5.75 Å². The Kier molecular flexibility index (Phi) is 4.20. The fourth-order valence-electron chi connectivity index (χ4n) is 2.21. The van der Waals surface area contributed by atoms with Gasteiger partial charge in [0.15, 0.2) is 0 Å². The lowest BCUT2D eigenvalue weighted by Crippen LogP contribution is -2.41. The summed E-state index contributed by atoms with van der Waals surface area (Å²) >= 11 is 0. The third-order valence-corrected chi connectivity index (χ3v) is 4.32. The highest BCUT2D eigenvalue weighted by Crippen LogP contribution is 2.38. The lowest BCUT2D eigenvalue weighted by atomic mass is 9.77. The Morgan fingerprint density at radius 1 is 1.24 bits per heavy atom. The molecule has 1 aromatic carbocycles. The van der Waals surface area contributed by atoms with Crippen molar-refractivity contribution < 1.29 is 14.4 Å². The van der Waals surface area contributed by atoms with E-state index in [9.17, 15) is 5.11 Å². The zero-order valence-electron chi connectivity index (χ0n) is 13.4. The number of phenols is 1. The smallest absolute Gasteiger partial charge is 0.491 e. The van der Waals surface area contributed by atoms with Crippen molar-refractivity contribution in [2.24, 2.45) is 5.73 Å². The van der Waals surface area contributed by atoms with Crippen LogP contribution in [0.4, 0.5) is 0 Å². The number of aryl methyl sites for hydroxylation is 1. The molecular formula is C16H24BNO3. The Labute approximate surface area is 127 Å². The summed E-state index contributed by atoms with van der Waals surface area (Å²) in [7, 11) is -0.486. The molecule has 3 N–H and O–H groups in total. The molecule has 5 heteroatoms. The third-order valence-electron chi connectivity index (χ3n) is 4.32. The minimum Gasteiger partial charge on any atom is -0.507 e. The average molecular weight is 289 g/mol. The summed E-state index contributed by atoms with van der Waals surface area (Å²) in [6.45, 7) is 10.3. The van der Waals surface area contributed by atoms with Gasteiger partial charge in [0.25, 0.3) is 0 Å². The first-order valence-corrected chi connectivity index (χ1v) is 7.22. The normalized spacial score (nSPS) is 20.9. The summed E-state index contributed by atoms with van der Waals surface area (Å²) < 4.78 is 12.0. The monoisotopic (exact) mass is 289 g/mol. The van der Waals surface area contributed by atoms with Crippen LogP contribution in [0.2, 0.25) is 0 Å². The Bertz CT molecular complexity index is 551. The fourth-order valence-corrected chi connectivity index (χ4v) is 2.21. The summed E-state index contributed by atoms with van der Waals surface area (Å²) in [5, 5.41) is 9.96. The molecule has 0 saturated carbocycles. The van der Waals surface area contributed by atoms with Gasteiger partial charge in [-0.25, -0.2) is 0 Å². The van der Waals surface area contributed by atoms with Gasteiger partial charge in [-0.15, -0.1) is 0 Å². The van der Waals surface area contributed by atoms with Crippen molar-refractivity contribution in [2.75, 3.05) is 6.54 Å². The van der Waals surface area contributed by atoms with Crippen LogP contribution in [0.3, 0.4) is 0 Å². The number of aromatic hydroxyl groups is 1. The molecule has 21 heavy (non-hydrogen) atoms. The maximum Gasteiger partial charge on any atom is 0.491 e. The van der Waals surface area contributed by atoms with Gasteiger partial charge in [-0.3, -0.25) is 0 Å². The topological polar surface area (TPSA) is 64.7 Å². The van der Waals surface area contributed by atoms with Crippen molar-refractivity contribution in [3.63, 3.8) is 0 Å². The molecular weight excluding hydrogens is 265 g/mol. The average Bonchev–Trinajstić information content (AvgIpc) is 2.59. The van der Waals surface area contributed by atoms with Gasteiger partial charge < -0.3 is 20.1 Å². The van der Waals surface area contributed by atoms with Crippen LogP contribution in [0.1, 0.15) is 38.8 Å². The number of phenolic OH excluding ortho intramolecular Hbond substituents is 1. The van der Waals surface area contributed by atoms with E-state index in [0.717, 1.165) is 16.6 Å². The summed E-state index contributed by atoms with van der Waals surface area (Å²) in [5.74, 6) is 0.225. The minimum atomic E-state index is -0.486. The Balaban J connectivity index is 2.33. The van der Waals surface area contributed by atoms with Gasteiger partial charge >= 0.3 is 7.12 Å². The highest BCUT2D eigenvalue weighted by Gasteiger charge is 2.52. The molecule has 0 unspecified atom stereocenters. The highest BCUT2D eigenvalue weighted by atomic mass is 16.7. The van der Waals surface area contributed by atoms with E-state index in [1.807, 2.05) is 52.8 Å². The number of benzene rings is 1. The number of hydrogen-bond acceptors (Lipinski definition) is 4. The Morgan fingerprint density at radius 2 is 1.81 bits per heavy atom. The van der Waals surface area contributed by atoms with Crippen molar-refractivity contribution in [1.29, 1.82) is 0 Å². The first kappa shape index (κ1) is 16.1. The maximum absolute atomic E-state index is 9.96. The summed E-state index contributed by atoms with van der Waals surface area (Å²) in [4.78, 5) is 0. The van der Waals surface area contributed by atoms with Gasteiger partial charge in [0, 0.05) is 12.1 Å². The van der Waals surface area contributed by atoms with Crippen LogP contribution in [0.15, 0.2) is 23.7 Å². The first-order valence-electron chi connectivity index (χ1n) is 7.22. The Hall–Kier alpha value is -1.30. The van der Waals surface area contributed by atoms with Crippen molar-refractivity contribution in [2.45, 2.75) is 45.8 Å². The summed E-state index contributed by atoms with van der Waals surface area (Å²) in [6, 6.07) is 5.46. The van der Waals surface area contributed by atoms with Crippen LogP contribution < -0.4 is 5.73 Å². The maximum atomic E-state index is 9.96. The van der Waals surface area contributed by atoms with E-state index in [1.54, 1.807) is 6.07 Å². The quantitative estimate of drug-likeness (QED) is 0.840. The largest absolute Gasteiger partial charge is 0.507 e. The molecule has 1 aliphatic heterocycles. The predicted octanol–water partition coefficient (Wildman–Crippen LogP) is 2.67. The van der Waals surface area contributed by atoms with Crippen molar-refractivity contribution in [3.8, 4) is 5.75 Å². The molecule has 0 amide bonds. The van der Waals surface area contributed by atoms with Crippen LogP contribution >= 0.6 is 0 Å². The van der Waals surface area contributed by atoms with Crippen molar-refractivity contribution in [3.05, 3.63) is 34.8 Å². The second kappa shape index (κ2) is 5.48. The van der Waals surface area contributed by atoms with E-state index in [0.29, 0.717) is 6.54 Å². The van der Waals surface area contributed by atoms with Gasteiger partial charge in [-0.2, -0.15) is 0 Å². The second-order valence-corrected chi connectivity index (χ2v) is 6.57. The highest BCUT2D eigenvalue weighted by molar-refractivity contribution is 6.55. The molecule has 1 aliphatic rings. The van der Waals surface area contributed by atoms with E-state index >= 15 is 0 Å². The molecule has 0 atom stereocenters. The van der Waals surface area contributed by atoms with Gasteiger partial charge in [-0.05, 0) is 52.2 Å². The Morgan fingerprint density at radius 3 is 2.33 bits per heavy atom. The van der Waals surface area contributed by atoms with Gasteiger partial charge in [0.1, 0.15) is 5.75 Å². The van der Waals surface area contributed by atoms with Gasteiger partial charge in [-0.1, -0.05) is 17.7 Å². The molecule has 0 spiro atoms. The molecule has 0 radical (unpaired) electrons. The predicted molar refractivity (Wildman–Crippen MR) is 86.0 cm³/mol. The molecule has 0 bridgehead atoms. The van der Waals surface area contributed by atoms with Crippen LogP contribution in [0.5, 0.6) is 5.75 Å². The van der Waals surface area contributed by atoms with E-state index < -0.39 is 18.3 Å². The van der Waals surface area contributed by atoms with E-state index in [2.05, 4.69) is 0 Å². The third kappa shape index (κ3) is 3.15. The fraction of sp³-hybridized carbons (Fsp3) is 0.500. The number of nitrogens with two attached hydrogens (primary N) is 1.